The topological polar surface area (TPSA) is 61.0 Å². The minimum Gasteiger partial charge on any atom is -0.475 e. The second-order valence-corrected chi connectivity index (χ2v) is 5.55. The van der Waals surface area contributed by atoms with Crippen LogP contribution in [0.4, 0.5) is 0 Å². The highest BCUT2D eigenvalue weighted by molar-refractivity contribution is 14.1. The zero-order chi connectivity index (χ0) is 11.4. The maximum atomic E-state index is 6.29. The zero-order valence-electron chi connectivity index (χ0n) is 9.16. The van der Waals surface area contributed by atoms with Gasteiger partial charge in [-0.2, -0.15) is 0 Å². The SMILES string of the molecule is NC1(COc2ncncc2I)CCCCC1. The third-order valence-electron chi connectivity index (χ3n) is 2.98. The van der Waals surface area contributed by atoms with E-state index in [9.17, 15) is 0 Å². The summed E-state index contributed by atoms with van der Waals surface area (Å²) in [5.41, 5.74) is 6.13. The molecule has 0 aromatic carbocycles. The molecule has 0 bridgehead atoms. The molecule has 88 valence electrons. The van der Waals surface area contributed by atoms with E-state index in [4.69, 9.17) is 10.5 Å². The Hall–Kier alpha value is -0.430. The molecule has 0 saturated heterocycles. The second-order valence-electron chi connectivity index (χ2n) is 4.39. The van der Waals surface area contributed by atoms with Crippen molar-refractivity contribution in [2.24, 2.45) is 5.73 Å². The molecule has 5 heteroatoms. The van der Waals surface area contributed by atoms with Crippen LogP contribution in [0.5, 0.6) is 5.88 Å². The lowest BCUT2D eigenvalue weighted by Gasteiger charge is -2.32. The van der Waals surface area contributed by atoms with Crippen molar-refractivity contribution in [3.63, 3.8) is 0 Å². The van der Waals surface area contributed by atoms with Crippen LogP contribution in [-0.2, 0) is 0 Å². The van der Waals surface area contributed by atoms with E-state index in [1.54, 1.807) is 6.20 Å². The van der Waals surface area contributed by atoms with Gasteiger partial charge in [-0.15, -0.1) is 0 Å². The predicted molar refractivity (Wildman–Crippen MR) is 70.2 cm³/mol. The van der Waals surface area contributed by atoms with E-state index in [2.05, 4.69) is 32.6 Å². The van der Waals surface area contributed by atoms with Crippen LogP contribution in [0.25, 0.3) is 0 Å². The van der Waals surface area contributed by atoms with Crippen molar-refractivity contribution in [1.29, 1.82) is 0 Å². The third-order valence-corrected chi connectivity index (χ3v) is 3.72. The molecule has 1 aliphatic rings. The average Bonchev–Trinajstić information content (AvgIpc) is 2.29. The molecule has 16 heavy (non-hydrogen) atoms. The lowest BCUT2D eigenvalue weighted by atomic mass is 9.83. The number of hydrogen-bond donors (Lipinski definition) is 1. The lowest BCUT2D eigenvalue weighted by Crippen LogP contribution is -2.47. The Morgan fingerprint density at radius 1 is 1.38 bits per heavy atom. The van der Waals surface area contributed by atoms with Crippen LogP contribution in [0, 0.1) is 3.57 Å². The van der Waals surface area contributed by atoms with Gasteiger partial charge in [-0.1, -0.05) is 19.3 Å². The Bertz CT molecular complexity index is 353. The molecule has 0 amide bonds. The van der Waals surface area contributed by atoms with E-state index in [0.717, 1.165) is 16.4 Å². The number of halogens is 1. The first kappa shape index (κ1) is 12.0. The van der Waals surface area contributed by atoms with E-state index >= 15 is 0 Å². The molecule has 1 saturated carbocycles. The van der Waals surface area contributed by atoms with Gasteiger partial charge in [0.2, 0.25) is 5.88 Å². The first-order chi connectivity index (χ1) is 7.70. The molecule has 1 aliphatic carbocycles. The normalized spacial score (nSPS) is 19.4. The van der Waals surface area contributed by atoms with Crippen LogP contribution >= 0.6 is 22.6 Å². The van der Waals surface area contributed by atoms with Crippen molar-refractivity contribution in [1.82, 2.24) is 9.97 Å². The summed E-state index contributed by atoms with van der Waals surface area (Å²) >= 11 is 2.17. The lowest BCUT2D eigenvalue weighted by molar-refractivity contribution is 0.168. The van der Waals surface area contributed by atoms with E-state index in [0.29, 0.717) is 12.5 Å². The van der Waals surface area contributed by atoms with Gasteiger partial charge < -0.3 is 10.5 Å². The highest BCUT2D eigenvalue weighted by Crippen LogP contribution is 2.27. The monoisotopic (exact) mass is 333 g/mol. The molecule has 4 nitrogen and oxygen atoms in total. The fraction of sp³-hybridized carbons (Fsp3) is 0.636. The molecule has 1 aromatic heterocycles. The molecular formula is C11H16IN3O. The Balaban J connectivity index is 1.94. The number of aromatic nitrogens is 2. The maximum absolute atomic E-state index is 6.29. The minimum atomic E-state index is -0.160. The van der Waals surface area contributed by atoms with Gasteiger partial charge >= 0.3 is 0 Å². The zero-order valence-corrected chi connectivity index (χ0v) is 11.3. The molecule has 1 heterocycles. The van der Waals surface area contributed by atoms with Gasteiger partial charge in [0.25, 0.3) is 0 Å². The van der Waals surface area contributed by atoms with Gasteiger partial charge in [-0.3, -0.25) is 0 Å². The summed E-state index contributed by atoms with van der Waals surface area (Å²) in [6, 6.07) is 0. The fourth-order valence-electron chi connectivity index (χ4n) is 2.02. The largest absolute Gasteiger partial charge is 0.475 e. The maximum Gasteiger partial charge on any atom is 0.230 e. The smallest absolute Gasteiger partial charge is 0.230 e. The summed E-state index contributed by atoms with van der Waals surface area (Å²) in [5, 5.41) is 0. The number of ether oxygens (including phenoxy) is 1. The summed E-state index contributed by atoms with van der Waals surface area (Å²) in [4.78, 5) is 8.02. The number of nitrogens with two attached hydrogens (primary N) is 1. The van der Waals surface area contributed by atoms with Crippen LogP contribution in [0.2, 0.25) is 0 Å². The van der Waals surface area contributed by atoms with Crippen LogP contribution in [0.1, 0.15) is 32.1 Å². The van der Waals surface area contributed by atoms with Crippen molar-refractivity contribution in [2.45, 2.75) is 37.6 Å². The molecule has 2 N–H and O–H groups in total. The fourth-order valence-corrected chi connectivity index (χ4v) is 2.48. The Morgan fingerprint density at radius 2 is 2.12 bits per heavy atom. The van der Waals surface area contributed by atoms with Gasteiger partial charge in [0, 0.05) is 6.20 Å². The van der Waals surface area contributed by atoms with Gasteiger partial charge in [0.05, 0.1) is 9.11 Å². The van der Waals surface area contributed by atoms with Crippen molar-refractivity contribution >= 4 is 22.6 Å². The van der Waals surface area contributed by atoms with Crippen molar-refractivity contribution in [2.75, 3.05) is 6.61 Å². The first-order valence-corrected chi connectivity index (χ1v) is 6.65. The van der Waals surface area contributed by atoms with Gasteiger partial charge in [-0.25, -0.2) is 9.97 Å². The molecule has 0 atom stereocenters. The Labute approximate surface area is 109 Å². The molecule has 0 unspecified atom stereocenters. The summed E-state index contributed by atoms with van der Waals surface area (Å²) in [6.45, 7) is 0.556. The number of hydrogen-bond acceptors (Lipinski definition) is 4. The van der Waals surface area contributed by atoms with Gasteiger partial charge in [0.1, 0.15) is 12.9 Å². The van der Waals surface area contributed by atoms with E-state index in [1.165, 1.54) is 25.6 Å². The van der Waals surface area contributed by atoms with E-state index in [-0.39, 0.29) is 5.54 Å². The quantitative estimate of drug-likeness (QED) is 0.861. The summed E-state index contributed by atoms with van der Waals surface area (Å²) in [6.07, 6.45) is 9.06. The summed E-state index contributed by atoms with van der Waals surface area (Å²) < 4.78 is 6.63. The van der Waals surface area contributed by atoms with Crippen LogP contribution in [0.15, 0.2) is 12.5 Å². The van der Waals surface area contributed by atoms with Gasteiger partial charge in [0.15, 0.2) is 0 Å². The Kier molecular flexibility index (Phi) is 3.96. The molecular weight excluding hydrogens is 317 g/mol. The minimum absolute atomic E-state index is 0.160. The Morgan fingerprint density at radius 3 is 2.81 bits per heavy atom. The van der Waals surface area contributed by atoms with E-state index < -0.39 is 0 Å². The third kappa shape index (κ3) is 3.04. The van der Waals surface area contributed by atoms with Crippen molar-refractivity contribution < 1.29 is 4.74 Å². The highest BCUT2D eigenvalue weighted by atomic mass is 127. The van der Waals surface area contributed by atoms with Gasteiger partial charge in [-0.05, 0) is 35.4 Å². The number of rotatable bonds is 3. The van der Waals surface area contributed by atoms with E-state index in [1.807, 2.05) is 0 Å². The number of nitrogens with zero attached hydrogens (tertiary/aromatic N) is 2. The average molecular weight is 333 g/mol. The van der Waals surface area contributed by atoms with Crippen LogP contribution in [0.3, 0.4) is 0 Å². The van der Waals surface area contributed by atoms with Crippen molar-refractivity contribution in [3.8, 4) is 5.88 Å². The van der Waals surface area contributed by atoms with Crippen LogP contribution in [-0.4, -0.2) is 22.1 Å². The summed E-state index contributed by atoms with van der Waals surface area (Å²) in [7, 11) is 0. The summed E-state index contributed by atoms with van der Waals surface area (Å²) in [5.74, 6) is 0.644. The van der Waals surface area contributed by atoms with Crippen LogP contribution < -0.4 is 10.5 Å². The molecule has 0 spiro atoms. The second kappa shape index (κ2) is 5.27. The molecule has 2 rings (SSSR count). The highest BCUT2D eigenvalue weighted by Gasteiger charge is 2.28. The molecule has 0 aliphatic heterocycles. The first-order valence-electron chi connectivity index (χ1n) is 5.57. The molecule has 1 aromatic rings. The molecule has 0 radical (unpaired) electrons. The van der Waals surface area contributed by atoms with Crippen molar-refractivity contribution in [3.05, 3.63) is 16.1 Å². The molecule has 1 fully saturated rings. The predicted octanol–water partition coefficient (Wildman–Crippen LogP) is 2.12. The standard InChI is InChI=1S/C11H16IN3O/c12-9-6-14-8-15-10(9)16-7-11(13)4-2-1-3-5-11/h6,8H,1-5,7,13H2.